The van der Waals surface area contributed by atoms with Gasteiger partial charge in [0.1, 0.15) is 5.82 Å². The maximum Gasteiger partial charge on any atom is 0.237 e. The highest BCUT2D eigenvalue weighted by Crippen LogP contribution is 2.42. The van der Waals surface area contributed by atoms with E-state index in [2.05, 4.69) is 334 Å². The minimum Gasteiger partial charge on any atom is -0.309 e. The standard InChI is InChI=1S/C82H52N6/c1-4-18-53(19-5-1)55-32-40-62(41-33-55)85-73-28-14-12-26-66(73)70-48-58(38-46-77(70)85)60-36-44-68-64-24-10-16-30-75(64)87(79(68)50-60)81-52-72(57-22-8-3-9-23-57)83-82(84-81)88-76-31-17-11-25-65(76)69-45-37-61(51-80(69)88)59-39-47-78-71(49-59)67-27-13-15-29-74(67)86(78)63-42-34-56(35-43-63)54-20-6-2-7-21-54/h1-52H. The summed E-state index contributed by atoms with van der Waals surface area (Å²) in [5, 5.41) is 9.42. The van der Waals surface area contributed by atoms with Crippen molar-refractivity contribution < 1.29 is 0 Å². The van der Waals surface area contributed by atoms with Crippen LogP contribution in [0.25, 0.3) is 166 Å². The normalized spacial score (nSPS) is 11.9. The van der Waals surface area contributed by atoms with E-state index in [1.807, 2.05) is 0 Å². The first-order valence-electron chi connectivity index (χ1n) is 30.0. The lowest BCUT2D eigenvalue weighted by Gasteiger charge is -2.14. The van der Waals surface area contributed by atoms with Crippen LogP contribution < -0.4 is 0 Å². The van der Waals surface area contributed by atoms with E-state index in [0.29, 0.717) is 5.95 Å². The number of benzene rings is 13. The van der Waals surface area contributed by atoms with Crippen molar-refractivity contribution in [2.24, 2.45) is 0 Å². The highest BCUT2D eigenvalue weighted by atomic mass is 15.2. The quantitative estimate of drug-likeness (QED) is 0.145. The van der Waals surface area contributed by atoms with Crippen LogP contribution in [0, 0.1) is 0 Å². The molecule has 0 bridgehead atoms. The summed E-state index contributed by atoms with van der Waals surface area (Å²) < 4.78 is 9.41. The average Bonchev–Trinajstić information content (AvgIpc) is 1.86. The minimum absolute atomic E-state index is 0.593. The van der Waals surface area contributed by atoms with Crippen LogP contribution in [-0.2, 0) is 0 Å². The van der Waals surface area contributed by atoms with Crippen molar-refractivity contribution in [1.29, 1.82) is 0 Å². The summed E-state index contributed by atoms with van der Waals surface area (Å²) in [6.45, 7) is 0. The molecule has 18 rings (SSSR count). The molecule has 18 aromatic rings. The molecular formula is C82H52N6. The van der Waals surface area contributed by atoms with Gasteiger partial charge in [0.25, 0.3) is 0 Å². The van der Waals surface area contributed by atoms with Crippen molar-refractivity contribution in [3.05, 3.63) is 315 Å². The monoisotopic (exact) mass is 1120 g/mol. The van der Waals surface area contributed by atoms with Crippen LogP contribution in [0.3, 0.4) is 0 Å². The number of nitrogens with zero attached hydrogens (tertiary/aromatic N) is 6. The zero-order chi connectivity index (χ0) is 57.8. The largest absolute Gasteiger partial charge is 0.309 e. The molecule has 0 aliphatic carbocycles. The first kappa shape index (κ1) is 49.6. The fraction of sp³-hybridized carbons (Fsp3) is 0. The van der Waals surface area contributed by atoms with Crippen molar-refractivity contribution in [3.63, 3.8) is 0 Å². The van der Waals surface area contributed by atoms with E-state index in [4.69, 9.17) is 9.97 Å². The smallest absolute Gasteiger partial charge is 0.237 e. The van der Waals surface area contributed by atoms with E-state index < -0.39 is 0 Å². The summed E-state index contributed by atoms with van der Waals surface area (Å²) in [5.41, 5.74) is 22.3. The van der Waals surface area contributed by atoms with E-state index in [1.54, 1.807) is 0 Å². The highest BCUT2D eigenvalue weighted by Gasteiger charge is 2.22. The first-order chi connectivity index (χ1) is 43.6. The first-order valence-corrected chi connectivity index (χ1v) is 30.0. The van der Waals surface area contributed by atoms with Crippen LogP contribution in [0.4, 0.5) is 0 Å². The van der Waals surface area contributed by atoms with Crippen molar-refractivity contribution in [2.45, 2.75) is 0 Å². The molecule has 88 heavy (non-hydrogen) atoms. The summed E-state index contributed by atoms with van der Waals surface area (Å²) in [5.74, 6) is 1.37. The van der Waals surface area contributed by atoms with E-state index in [-0.39, 0.29) is 0 Å². The van der Waals surface area contributed by atoms with Gasteiger partial charge in [-0.1, -0.05) is 224 Å². The van der Waals surface area contributed by atoms with Gasteiger partial charge in [0, 0.05) is 66.1 Å². The number of aromatic nitrogens is 6. The maximum absolute atomic E-state index is 5.72. The summed E-state index contributed by atoms with van der Waals surface area (Å²) in [6, 6.07) is 114. The number of para-hydroxylation sites is 4. The van der Waals surface area contributed by atoms with Gasteiger partial charge in [-0.25, -0.2) is 4.98 Å². The predicted octanol–water partition coefficient (Wildman–Crippen LogP) is 21.2. The molecule has 0 N–H and O–H groups in total. The second-order valence-electron chi connectivity index (χ2n) is 22.9. The molecule has 5 aromatic heterocycles. The third-order valence-corrected chi connectivity index (χ3v) is 18.0. The Kier molecular flexibility index (Phi) is 11.2. The molecule has 13 aromatic carbocycles. The molecular weight excluding hydrogens is 1070 g/mol. The maximum atomic E-state index is 5.72. The Morgan fingerprint density at radius 2 is 0.500 bits per heavy atom. The number of hydrogen-bond donors (Lipinski definition) is 0. The van der Waals surface area contributed by atoms with Crippen LogP contribution in [0.1, 0.15) is 0 Å². The molecule has 0 spiro atoms. The van der Waals surface area contributed by atoms with Crippen molar-refractivity contribution in [2.75, 3.05) is 0 Å². The molecule has 6 heteroatoms. The second kappa shape index (κ2) is 19.9. The number of fused-ring (bicyclic) bond motifs is 12. The lowest BCUT2D eigenvalue weighted by atomic mass is 10.0. The lowest BCUT2D eigenvalue weighted by molar-refractivity contribution is 0.952. The van der Waals surface area contributed by atoms with E-state index in [1.165, 1.54) is 54.8 Å². The van der Waals surface area contributed by atoms with Crippen LogP contribution in [0.15, 0.2) is 315 Å². The Balaban J connectivity index is 0.787. The van der Waals surface area contributed by atoms with Crippen molar-refractivity contribution in [3.8, 4) is 78.9 Å². The van der Waals surface area contributed by atoms with E-state index >= 15 is 0 Å². The van der Waals surface area contributed by atoms with Gasteiger partial charge in [-0.3, -0.25) is 9.13 Å². The molecule has 0 aliphatic rings. The van der Waals surface area contributed by atoms with Gasteiger partial charge >= 0.3 is 0 Å². The van der Waals surface area contributed by atoms with Crippen molar-refractivity contribution >= 4 is 87.2 Å². The average molecular weight is 1120 g/mol. The zero-order valence-corrected chi connectivity index (χ0v) is 47.7. The molecule has 0 unspecified atom stereocenters. The van der Waals surface area contributed by atoms with Gasteiger partial charge in [0.2, 0.25) is 5.95 Å². The third kappa shape index (κ3) is 7.89. The molecule has 410 valence electrons. The fourth-order valence-corrected chi connectivity index (χ4v) is 13.9. The summed E-state index contributed by atoms with van der Waals surface area (Å²) in [6.07, 6.45) is 0. The molecule has 0 radical (unpaired) electrons. The Morgan fingerprint density at radius 3 is 0.966 bits per heavy atom. The van der Waals surface area contributed by atoms with Gasteiger partial charge in [-0.2, -0.15) is 4.98 Å². The zero-order valence-electron chi connectivity index (χ0n) is 47.7. The number of hydrogen-bond acceptors (Lipinski definition) is 2. The molecule has 0 aliphatic heterocycles. The summed E-state index contributed by atoms with van der Waals surface area (Å²) in [4.78, 5) is 11.3. The van der Waals surface area contributed by atoms with Crippen molar-refractivity contribution in [1.82, 2.24) is 28.2 Å². The Morgan fingerprint density at radius 1 is 0.182 bits per heavy atom. The van der Waals surface area contributed by atoms with Gasteiger partial charge in [-0.05, 0) is 129 Å². The molecule has 0 saturated carbocycles. The molecule has 5 heterocycles. The third-order valence-electron chi connectivity index (χ3n) is 18.0. The van der Waals surface area contributed by atoms with Gasteiger partial charge in [0.05, 0.1) is 49.8 Å². The Bertz CT molecular complexity index is 5440. The predicted molar refractivity (Wildman–Crippen MR) is 367 cm³/mol. The van der Waals surface area contributed by atoms with E-state index in [9.17, 15) is 0 Å². The summed E-state index contributed by atoms with van der Waals surface area (Å²) in [7, 11) is 0. The molecule has 0 amide bonds. The van der Waals surface area contributed by atoms with E-state index in [0.717, 1.165) is 105 Å². The Hall–Kier alpha value is -11.9. The molecule has 0 fully saturated rings. The van der Waals surface area contributed by atoms with Gasteiger partial charge < -0.3 is 9.13 Å². The molecule has 6 nitrogen and oxygen atoms in total. The SMILES string of the molecule is c1ccc(-c2ccc(-n3c4ccccc4c4cc(-c5ccc6c7ccccc7n(-c7cc(-c8ccccc8)nc(-n8c9ccccc9c9ccc(-c%10ccc%11c(c%10)c%10ccccc%10n%11-c%10ccc(-c%11ccccc%11)cc%10)cc98)n7)c6c5)ccc43)cc2)cc1. The number of rotatable bonds is 9. The second-order valence-corrected chi connectivity index (χ2v) is 22.9. The lowest BCUT2D eigenvalue weighted by Crippen LogP contribution is -2.07. The summed E-state index contributed by atoms with van der Waals surface area (Å²) >= 11 is 0. The molecule has 0 atom stereocenters. The van der Waals surface area contributed by atoms with Gasteiger partial charge in [-0.15, -0.1) is 0 Å². The fourth-order valence-electron chi connectivity index (χ4n) is 13.9. The minimum atomic E-state index is 0.593. The van der Waals surface area contributed by atoms with Crippen LogP contribution in [-0.4, -0.2) is 28.2 Å². The van der Waals surface area contributed by atoms with Crippen LogP contribution in [0.5, 0.6) is 0 Å². The van der Waals surface area contributed by atoms with Crippen LogP contribution >= 0.6 is 0 Å². The Labute approximate surface area is 507 Å². The topological polar surface area (TPSA) is 45.5 Å². The highest BCUT2D eigenvalue weighted by molar-refractivity contribution is 6.14. The van der Waals surface area contributed by atoms with Gasteiger partial charge in [0.15, 0.2) is 0 Å². The van der Waals surface area contributed by atoms with Crippen LogP contribution in [0.2, 0.25) is 0 Å². The molecule has 0 saturated heterocycles.